The Morgan fingerprint density at radius 1 is 1.52 bits per heavy atom. The lowest BCUT2D eigenvalue weighted by Crippen LogP contribution is -2.35. The number of allylic oxidation sites excluding steroid dienone is 1. The first-order valence-corrected chi connectivity index (χ1v) is 8.06. The van der Waals surface area contributed by atoms with Crippen LogP contribution in [0.1, 0.15) is 45.4 Å². The highest BCUT2D eigenvalue weighted by atomic mass is 79.9. The standard InChI is InChI=1S/C15H21BrN4O/c1-3-11(17)10(2)14(15-18-8-7-12(16)19-15)20-13-6-4-5-9-21-13/h7-8,13,17,20H,3-6,9H2,1-2H3/b14-10-,17-11?. The van der Waals surface area contributed by atoms with Crippen molar-refractivity contribution in [1.82, 2.24) is 15.3 Å². The minimum absolute atomic E-state index is 0.0315. The zero-order valence-electron chi connectivity index (χ0n) is 12.4. The van der Waals surface area contributed by atoms with E-state index in [1.54, 1.807) is 12.3 Å². The van der Waals surface area contributed by atoms with E-state index in [1.165, 1.54) is 0 Å². The molecule has 1 saturated heterocycles. The number of nitrogens with zero attached hydrogens (tertiary/aromatic N) is 2. The van der Waals surface area contributed by atoms with Crippen molar-refractivity contribution in [1.29, 1.82) is 5.41 Å². The van der Waals surface area contributed by atoms with Gasteiger partial charge in [0.25, 0.3) is 0 Å². The van der Waals surface area contributed by atoms with Crippen LogP contribution in [0.2, 0.25) is 0 Å². The van der Waals surface area contributed by atoms with Crippen LogP contribution in [0.15, 0.2) is 22.4 Å². The second kappa shape index (κ2) is 7.66. The molecule has 6 heteroatoms. The predicted octanol–water partition coefficient (Wildman–Crippen LogP) is 3.52. The molecule has 21 heavy (non-hydrogen) atoms. The highest BCUT2D eigenvalue weighted by Gasteiger charge is 2.19. The van der Waals surface area contributed by atoms with Crippen molar-refractivity contribution in [2.24, 2.45) is 0 Å². The van der Waals surface area contributed by atoms with E-state index in [9.17, 15) is 0 Å². The van der Waals surface area contributed by atoms with Gasteiger partial charge in [-0.3, -0.25) is 0 Å². The van der Waals surface area contributed by atoms with Crippen LogP contribution in [0.25, 0.3) is 5.70 Å². The third-order valence-corrected chi connectivity index (χ3v) is 3.95. The van der Waals surface area contributed by atoms with E-state index in [1.807, 2.05) is 13.8 Å². The van der Waals surface area contributed by atoms with E-state index in [0.717, 1.165) is 41.7 Å². The monoisotopic (exact) mass is 352 g/mol. The van der Waals surface area contributed by atoms with Gasteiger partial charge in [0.2, 0.25) is 0 Å². The molecule has 1 unspecified atom stereocenters. The van der Waals surface area contributed by atoms with Crippen molar-refractivity contribution in [3.63, 3.8) is 0 Å². The van der Waals surface area contributed by atoms with Crippen LogP contribution in [0.5, 0.6) is 0 Å². The Hall–Kier alpha value is -1.27. The van der Waals surface area contributed by atoms with Gasteiger partial charge in [0, 0.05) is 18.5 Å². The Morgan fingerprint density at radius 3 is 2.95 bits per heavy atom. The second-order valence-corrected chi connectivity index (χ2v) is 5.85. The van der Waals surface area contributed by atoms with Crippen molar-refractivity contribution in [2.75, 3.05) is 6.61 Å². The molecule has 1 atom stereocenters. The Labute approximate surface area is 133 Å². The number of rotatable bonds is 5. The molecule has 2 heterocycles. The average molecular weight is 353 g/mol. The van der Waals surface area contributed by atoms with Crippen LogP contribution in [0, 0.1) is 5.41 Å². The Kier molecular flexibility index (Phi) is 5.87. The van der Waals surface area contributed by atoms with Gasteiger partial charge >= 0.3 is 0 Å². The maximum atomic E-state index is 8.09. The summed E-state index contributed by atoms with van der Waals surface area (Å²) in [4.78, 5) is 8.74. The van der Waals surface area contributed by atoms with Gasteiger partial charge in [-0.05, 0) is 60.2 Å². The summed E-state index contributed by atoms with van der Waals surface area (Å²) in [6.45, 7) is 4.68. The fourth-order valence-corrected chi connectivity index (χ4v) is 2.52. The third-order valence-electron chi connectivity index (χ3n) is 3.51. The highest BCUT2D eigenvalue weighted by molar-refractivity contribution is 9.10. The summed E-state index contributed by atoms with van der Waals surface area (Å²) < 4.78 is 6.47. The molecule has 1 aromatic heterocycles. The summed E-state index contributed by atoms with van der Waals surface area (Å²) in [5, 5.41) is 11.5. The summed E-state index contributed by atoms with van der Waals surface area (Å²) in [7, 11) is 0. The lowest BCUT2D eigenvalue weighted by molar-refractivity contribution is 0.00514. The van der Waals surface area contributed by atoms with Gasteiger partial charge in [0.15, 0.2) is 5.82 Å². The summed E-state index contributed by atoms with van der Waals surface area (Å²) in [5.74, 6) is 0.592. The summed E-state index contributed by atoms with van der Waals surface area (Å²) in [6.07, 6.45) is 5.57. The topological polar surface area (TPSA) is 70.9 Å². The van der Waals surface area contributed by atoms with E-state index < -0.39 is 0 Å². The molecule has 0 bridgehead atoms. The normalized spacial score (nSPS) is 19.9. The molecular formula is C15H21BrN4O. The predicted molar refractivity (Wildman–Crippen MR) is 87.1 cm³/mol. The van der Waals surface area contributed by atoms with Gasteiger partial charge in [-0.25, -0.2) is 9.97 Å². The maximum Gasteiger partial charge on any atom is 0.177 e. The quantitative estimate of drug-likeness (QED) is 0.628. The SMILES string of the molecule is CCC(=N)/C(C)=C(\NC1CCCCO1)c1nccc(Br)n1. The molecule has 1 fully saturated rings. The first-order valence-electron chi connectivity index (χ1n) is 7.27. The molecule has 114 valence electrons. The van der Waals surface area contributed by atoms with Crippen LogP contribution in [0.4, 0.5) is 0 Å². The van der Waals surface area contributed by atoms with E-state index in [4.69, 9.17) is 10.1 Å². The number of nitrogens with one attached hydrogen (secondary N) is 2. The fourth-order valence-electron chi connectivity index (χ4n) is 2.23. The maximum absolute atomic E-state index is 8.09. The van der Waals surface area contributed by atoms with E-state index in [0.29, 0.717) is 18.0 Å². The Balaban J connectivity index is 2.32. The summed E-state index contributed by atoms with van der Waals surface area (Å²) in [5.41, 5.74) is 2.23. The molecule has 0 radical (unpaired) electrons. The van der Waals surface area contributed by atoms with Crippen LogP contribution >= 0.6 is 15.9 Å². The molecular weight excluding hydrogens is 332 g/mol. The number of halogens is 1. The Morgan fingerprint density at radius 2 is 2.33 bits per heavy atom. The Bertz CT molecular complexity index is 538. The van der Waals surface area contributed by atoms with E-state index in [2.05, 4.69) is 31.2 Å². The summed E-state index contributed by atoms with van der Waals surface area (Å²) in [6, 6.07) is 1.79. The van der Waals surface area contributed by atoms with Crippen LogP contribution in [-0.4, -0.2) is 28.5 Å². The molecule has 0 spiro atoms. The zero-order valence-corrected chi connectivity index (χ0v) is 14.0. The van der Waals surface area contributed by atoms with Crippen LogP contribution in [0.3, 0.4) is 0 Å². The number of aromatic nitrogens is 2. The lowest BCUT2D eigenvalue weighted by Gasteiger charge is -2.26. The number of ether oxygens (including phenoxy) is 1. The highest BCUT2D eigenvalue weighted by Crippen LogP contribution is 2.20. The van der Waals surface area contributed by atoms with Crippen molar-refractivity contribution >= 4 is 27.3 Å². The summed E-state index contributed by atoms with van der Waals surface area (Å²) >= 11 is 3.37. The molecule has 0 amide bonds. The van der Waals surface area contributed by atoms with Crippen LogP contribution in [-0.2, 0) is 4.74 Å². The van der Waals surface area contributed by atoms with Crippen LogP contribution < -0.4 is 5.32 Å². The zero-order chi connectivity index (χ0) is 15.2. The molecule has 2 N–H and O–H groups in total. The average Bonchev–Trinajstić information content (AvgIpc) is 2.52. The van der Waals surface area contributed by atoms with Gasteiger partial charge in [-0.1, -0.05) is 6.92 Å². The fraction of sp³-hybridized carbons (Fsp3) is 0.533. The minimum Gasteiger partial charge on any atom is -0.359 e. The van der Waals surface area contributed by atoms with E-state index >= 15 is 0 Å². The van der Waals surface area contributed by atoms with Crippen molar-refractivity contribution < 1.29 is 4.74 Å². The van der Waals surface area contributed by atoms with Gasteiger partial charge in [-0.15, -0.1) is 0 Å². The number of hydrogen-bond donors (Lipinski definition) is 2. The first kappa shape index (κ1) is 16.1. The van der Waals surface area contributed by atoms with E-state index in [-0.39, 0.29) is 6.23 Å². The molecule has 1 aliphatic heterocycles. The lowest BCUT2D eigenvalue weighted by atomic mass is 10.1. The molecule has 1 aliphatic rings. The molecule has 0 aromatic carbocycles. The van der Waals surface area contributed by atoms with Crippen molar-refractivity contribution in [3.8, 4) is 0 Å². The first-order chi connectivity index (χ1) is 10.1. The molecule has 5 nitrogen and oxygen atoms in total. The van der Waals surface area contributed by atoms with Crippen molar-refractivity contribution in [3.05, 3.63) is 28.3 Å². The second-order valence-electron chi connectivity index (χ2n) is 5.03. The van der Waals surface area contributed by atoms with Crippen molar-refractivity contribution in [2.45, 2.75) is 45.8 Å². The molecule has 1 aromatic rings. The number of hydrogen-bond acceptors (Lipinski definition) is 5. The minimum atomic E-state index is -0.0315. The van der Waals surface area contributed by atoms with Gasteiger partial charge in [0.1, 0.15) is 10.8 Å². The largest absolute Gasteiger partial charge is 0.359 e. The molecule has 0 saturated carbocycles. The molecule has 2 rings (SSSR count). The van der Waals surface area contributed by atoms with Gasteiger partial charge in [-0.2, -0.15) is 0 Å². The molecule has 0 aliphatic carbocycles. The third kappa shape index (κ3) is 4.35. The van der Waals surface area contributed by atoms with Gasteiger partial charge < -0.3 is 15.5 Å². The smallest absolute Gasteiger partial charge is 0.177 e. The van der Waals surface area contributed by atoms with Gasteiger partial charge in [0.05, 0.1) is 5.70 Å².